The summed E-state index contributed by atoms with van der Waals surface area (Å²) in [7, 11) is 3.68. The van der Waals surface area contributed by atoms with Gasteiger partial charge in [-0.25, -0.2) is 0 Å². The summed E-state index contributed by atoms with van der Waals surface area (Å²) in [5, 5.41) is 5.78. The highest BCUT2D eigenvalue weighted by Gasteiger charge is 2.15. The predicted molar refractivity (Wildman–Crippen MR) is 89.1 cm³/mol. The van der Waals surface area contributed by atoms with Gasteiger partial charge in [0.25, 0.3) is 11.4 Å². The summed E-state index contributed by atoms with van der Waals surface area (Å²) in [5.41, 5.74) is 1.25. The first kappa shape index (κ1) is 17.6. The first-order chi connectivity index (χ1) is 11.6. The number of hydrogen-bond acceptors (Lipinski definition) is 2. The molecule has 126 valence electrons. The summed E-state index contributed by atoms with van der Waals surface area (Å²) < 4.78 is 3.57. The Hall–Kier alpha value is -2.76. The van der Waals surface area contributed by atoms with E-state index in [0.717, 1.165) is 12.8 Å². The van der Waals surface area contributed by atoms with Gasteiger partial charge >= 0.3 is 11.8 Å². The van der Waals surface area contributed by atoms with Crippen LogP contribution in [-0.4, -0.2) is 24.9 Å². The number of aromatic nitrogens is 2. The molecule has 2 aromatic heterocycles. The minimum absolute atomic E-state index is 0.0848. The van der Waals surface area contributed by atoms with Crippen LogP contribution in [0.15, 0.2) is 48.8 Å². The molecule has 0 aliphatic carbocycles. The van der Waals surface area contributed by atoms with E-state index in [0.29, 0.717) is 24.5 Å². The molecular formula is C18H24N4O2+2. The van der Waals surface area contributed by atoms with Crippen molar-refractivity contribution in [1.29, 1.82) is 0 Å². The molecule has 6 nitrogen and oxygen atoms in total. The number of amides is 2. The molecule has 2 rings (SSSR count). The second kappa shape index (κ2) is 8.76. The summed E-state index contributed by atoms with van der Waals surface area (Å²) in [6, 6.07) is 11.0. The van der Waals surface area contributed by atoms with Gasteiger partial charge in [-0.05, 0) is 25.0 Å². The average molecular weight is 328 g/mol. The van der Waals surface area contributed by atoms with Crippen molar-refractivity contribution in [3.63, 3.8) is 0 Å². The maximum Gasteiger partial charge on any atom is 0.316 e. The molecule has 2 heterocycles. The van der Waals surface area contributed by atoms with Crippen molar-refractivity contribution in [3.05, 3.63) is 60.2 Å². The Morgan fingerprint density at radius 2 is 1.21 bits per heavy atom. The Morgan fingerprint density at radius 1 is 0.792 bits per heavy atom. The van der Waals surface area contributed by atoms with Gasteiger partial charge in [0.05, 0.1) is 0 Å². The van der Waals surface area contributed by atoms with Gasteiger partial charge in [0.1, 0.15) is 14.1 Å². The summed E-state index contributed by atoms with van der Waals surface area (Å²) in [4.78, 5) is 24.0. The molecule has 2 aromatic rings. The molecule has 0 radical (unpaired) electrons. The number of carbonyl (C=O) groups excluding carboxylic acids is 2. The first-order valence-corrected chi connectivity index (χ1v) is 8.05. The molecule has 2 amide bonds. The number of rotatable bonds is 7. The van der Waals surface area contributed by atoms with E-state index in [1.54, 1.807) is 21.3 Å². The standard InChI is InChI=1S/C18H22N4O2/c1-21-13-7-3-9-15(21)17(23)19-11-5-6-12-20-18(24)16-10-4-8-14-22(16)2/h3-4,7-10,13-14H,5-6,11-12H2,1-2H3/p+2. The van der Waals surface area contributed by atoms with E-state index in [1.165, 1.54) is 0 Å². The van der Waals surface area contributed by atoms with E-state index < -0.39 is 0 Å². The lowest BCUT2D eigenvalue weighted by atomic mass is 10.2. The molecule has 0 spiro atoms. The Balaban J connectivity index is 1.65. The fourth-order valence-electron chi connectivity index (χ4n) is 2.35. The molecule has 0 bridgehead atoms. The number of nitrogens with one attached hydrogen (secondary N) is 2. The number of pyridine rings is 2. The molecule has 0 unspecified atom stereocenters. The van der Waals surface area contributed by atoms with Gasteiger partial charge in [-0.2, -0.15) is 9.13 Å². The number of carbonyl (C=O) groups is 2. The van der Waals surface area contributed by atoms with Gasteiger partial charge in [-0.1, -0.05) is 0 Å². The summed E-state index contributed by atoms with van der Waals surface area (Å²) in [6.45, 7) is 1.17. The lowest BCUT2D eigenvalue weighted by Crippen LogP contribution is -2.41. The van der Waals surface area contributed by atoms with Gasteiger partial charge in [-0.15, -0.1) is 0 Å². The molecule has 0 saturated heterocycles. The van der Waals surface area contributed by atoms with Crippen molar-refractivity contribution < 1.29 is 18.7 Å². The minimum Gasteiger partial charge on any atom is -0.347 e. The van der Waals surface area contributed by atoms with Crippen molar-refractivity contribution in [2.24, 2.45) is 14.1 Å². The maximum absolute atomic E-state index is 12.0. The van der Waals surface area contributed by atoms with Crippen LogP contribution < -0.4 is 19.8 Å². The van der Waals surface area contributed by atoms with Crippen molar-refractivity contribution in [3.8, 4) is 0 Å². The molecule has 0 fully saturated rings. The molecule has 6 heteroatoms. The summed E-state index contributed by atoms with van der Waals surface area (Å²) in [6.07, 6.45) is 5.30. The lowest BCUT2D eigenvalue weighted by Gasteiger charge is -2.05. The van der Waals surface area contributed by atoms with Crippen LogP contribution in [0.4, 0.5) is 0 Å². The Kier molecular flexibility index (Phi) is 6.42. The van der Waals surface area contributed by atoms with Crippen molar-refractivity contribution >= 4 is 11.8 Å². The number of nitrogens with zero attached hydrogens (tertiary/aromatic N) is 2. The topological polar surface area (TPSA) is 66.0 Å². The van der Waals surface area contributed by atoms with Crippen LogP contribution in [0, 0.1) is 0 Å². The first-order valence-electron chi connectivity index (χ1n) is 8.05. The molecule has 2 N–H and O–H groups in total. The Bertz CT molecular complexity index is 654. The second-order valence-corrected chi connectivity index (χ2v) is 5.61. The van der Waals surface area contributed by atoms with Gasteiger partial charge in [0.2, 0.25) is 0 Å². The third-order valence-corrected chi connectivity index (χ3v) is 3.75. The zero-order valence-electron chi connectivity index (χ0n) is 14.2. The third kappa shape index (κ3) is 4.87. The van der Waals surface area contributed by atoms with Crippen molar-refractivity contribution in [2.45, 2.75) is 12.8 Å². The van der Waals surface area contributed by atoms with E-state index >= 15 is 0 Å². The fourth-order valence-corrected chi connectivity index (χ4v) is 2.35. The highest BCUT2D eigenvalue weighted by atomic mass is 16.2. The van der Waals surface area contributed by atoms with Crippen LogP contribution in [0.25, 0.3) is 0 Å². The van der Waals surface area contributed by atoms with E-state index in [2.05, 4.69) is 10.6 Å². The number of aryl methyl sites for hydroxylation is 2. The molecule has 0 saturated carbocycles. The SMILES string of the molecule is C[n+]1ccccc1C(=O)NCCCCNC(=O)c1cccc[n+]1C. The molecule has 0 atom stereocenters. The van der Waals surface area contributed by atoms with Crippen LogP contribution >= 0.6 is 0 Å². The molecule has 24 heavy (non-hydrogen) atoms. The third-order valence-electron chi connectivity index (χ3n) is 3.75. The van der Waals surface area contributed by atoms with E-state index in [-0.39, 0.29) is 11.8 Å². The lowest BCUT2D eigenvalue weighted by molar-refractivity contribution is -0.673. The fraction of sp³-hybridized carbons (Fsp3) is 0.333. The molecule has 0 aromatic carbocycles. The Labute approximate surface area is 142 Å². The highest BCUT2D eigenvalue weighted by Crippen LogP contribution is 1.93. The van der Waals surface area contributed by atoms with Crippen molar-refractivity contribution in [1.82, 2.24) is 10.6 Å². The molecule has 0 aliphatic heterocycles. The molecule has 0 aliphatic rings. The second-order valence-electron chi connectivity index (χ2n) is 5.61. The van der Waals surface area contributed by atoms with Crippen LogP contribution in [0.3, 0.4) is 0 Å². The number of hydrogen-bond donors (Lipinski definition) is 2. The van der Waals surface area contributed by atoms with Gasteiger partial charge in [0, 0.05) is 37.4 Å². The predicted octanol–water partition coefficient (Wildman–Crippen LogP) is 0.276. The van der Waals surface area contributed by atoms with Crippen LogP contribution in [0.5, 0.6) is 0 Å². The highest BCUT2D eigenvalue weighted by molar-refractivity contribution is 5.91. The van der Waals surface area contributed by atoms with Gasteiger partial charge in [0.15, 0.2) is 12.4 Å². The van der Waals surface area contributed by atoms with E-state index in [1.807, 2.05) is 50.8 Å². The zero-order chi connectivity index (χ0) is 17.4. The quantitative estimate of drug-likeness (QED) is 0.566. The van der Waals surface area contributed by atoms with E-state index in [4.69, 9.17) is 0 Å². The van der Waals surface area contributed by atoms with Crippen LogP contribution in [0.1, 0.15) is 33.8 Å². The summed E-state index contributed by atoms with van der Waals surface area (Å²) >= 11 is 0. The van der Waals surface area contributed by atoms with Gasteiger partial charge < -0.3 is 10.6 Å². The molecular weight excluding hydrogens is 304 g/mol. The van der Waals surface area contributed by atoms with Crippen LogP contribution in [0.2, 0.25) is 0 Å². The minimum atomic E-state index is -0.0848. The van der Waals surface area contributed by atoms with Crippen molar-refractivity contribution in [2.75, 3.05) is 13.1 Å². The average Bonchev–Trinajstić information content (AvgIpc) is 2.58. The monoisotopic (exact) mass is 328 g/mol. The van der Waals surface area contributed by atoms with Gasteiger partial charge in [-0.3, -0.25) is 9.59 Å². The normalized spacial score (nSPS) is 10.2. The number of unbranched alkanes of at least 4 members (excludes halogenated alkanes) is 1. The van der Waals surface area contributed by atoms with Crippen LogP contribution in [-0.2, 0) is 14.1 Å². The Morgan fingerprint density at radius 3 is 1.58 bits per heavy atom. The summed E-state index contributed by atoms with van der Waals surface area (Å²) in [5.74, 6) is -0.170. The maximum atomic E-state index is 12.0. The smallest absolute Gasteiger partial charge is 0.316 e. The van der Waals surface area contributed by atoms with E-state index in [9.17, 15) is 9.59 Å². The zero-order valence-corrected chi connectivity index (χ0v) is 14.2. The largest absolute Gasteiger partial charge is 0.347 e.